The maximum atomic E-state index is 5.92. The summed E-state index contributed by atoms with van der Waals surface area (Å²) in [5.74, 6) is 1.85. The summed E-state index contributed by atoms with van der Waals surface area (Å²) in [7, 11) is 0. The molecule has 2 aromatic rings. The first-order valence-corrected chi connectivity index (χ1v) is 7.34. The van der Waals surface area contributed by atoms with Gasteiger partial charge in [-0.15, -0.1) is 0 Å². The summed E-state index contributed by atoms with van der Waals surface area (Å²) in [6.07, 6.45) is 2.15. The molecule has 0 amide bonds. The zero-order valence-electron chi connectivity index (χ0n) is 12.5. The minimum absolute atomic E-state index is 0.540. The predicted octanol–water partition coefficient (Wildman–Crippen LogP) is 4.52. The second-order valence-electron chi connectivity index (χ2n) is 5.77. The van der Waals surface area contributed by atoms with Gasteiger partial charge in [0.25, 0.3) is 0 Å². The minimum Gasteiger partial charge on any atom is -0.461 e. The summed E-state index contributed by atoms with van der Waals surface area (Å²) >= 11 is 0. The van der Waals surface area contributed by atoms with Crippen LogP contribution in [0.1, 0.15) is 45.4 Å². The van der Waals surface area contributed by atoms with Crippen molar-refractivity contribution in [2.75, 3.05) is 0 Å². The smallest absolute Gasteiger partial charge is 0.134 e. The Balaban J connectivity index is 2.15. The molecule has 0 saturated carbocycles. The van der Waals surface area contributed by atoms with Crippen molar-refractivity contribution in [3.05, 3.63) is 35.6 Å². The van der Waals surface area contributed by atoms with E-state index in [0.717, 1.165) is 30.2 Å². The summed E-state index contributed by atoms with van der Waals surface area (Å²) in [4.78, 5) is 0. The second kappa shape index (κ2) is 6.25. The van der Waals surface area contributed by atoms with E-state index in [2.05, 4.69) is 51.2 Å². The number of benzene rings is 1. The van der Waals surface area contributed by atoms with Gasteiger partial charge in [0.15, 0.2) is 0 Å². The van der Waals surface area contributed by atoms with Gasteiger partial charge >= 0.3 is 0 Å². The molecule has 2 nitrogen and oxygen atoms in total. The van der Waals surface area contributed by atoms with Crippen LogP contribution in [-0.2, 0) is 13.0 Å². The summed E-state index contributed by atoms with van der Waals surface area (Å²) < 4.78 is 5.92. The summed E-state index contributed by atoms with van der Waals surface area (Å²) in [6.45, 7) is 9.84. The number of hydrogen-bond acceptors (Lipinski definition) is 2. The molecule has 0 aliphatic heterocycles. The Bertz CT molecular complexity index is 527. The van der Waals surface area contributed by atoms with E-state index in [1.54, 1.807) is 0 Å². The third kappa shape index (κ3) is 3.38. The van der Waals surface area contributed by atoms with Gasteiger partial charge in [0, 0.05) is 30.0 Å². The van der Waals surface area contributed by atoms with Crippen molar-refractivity contribution in [1.82, 2.24) is 5.32 Å². The molecule has 1 heterocycles. The largest absolute Gasteiger partial charge is 0.461 e. The van der Waals surface area contributed by atoms with Crippen molar-refractivity contribution in [1.29, 1.82) is 0 Å². The van der Waals surface area contributed by atoms with Crippen molar-refractivity contribution in [3.8, 4) is 0 Å². The average molecular weight is 259 g/mol. The Morgan fingerprint density at radius 1 is 1.16 bits per heavy atom. The molecule has 0 aliphatic rings. The Kier molecular flexibility index (Phi) is 4.65. The molecule has 0 aliphatic carbocycles. The van der Waals surface area contributed by atoms with E-state index >= 15 is 0 Å². The summed E-state index contributed by atoms with van der Waals surface area (Å²) in [6, 6.07) is 8.86. The lowest BCUT2D eigenvalue weighted by Gasteiger charge is -2.15. The van der Waals surface area contributed by atoms with Crippen molar-refractivity contribution < 1.29 is 4.42 Å². The van der Waals surface area contributed by atoms with Crippen LogP contribution in [0.15, 0.2) is 28.7 Å². The molecule has 0 fully saturated rings. The zero-order chi connectivity index (χ0) is 13.8. The monoisotopic (exact) mass is 259 g/mol. The molecule has 1 unspecified atom stereocenters. The van der Waals surface area contributed by atoms with Crippen molar-refractivity contribution in [2.24, 2.45) is 5.92 Å². The van der Waals surface area contributed by atoms with Gasteiger partial charge in [-0.1, -0.05) is 39.0 Å². The molecular formula is C17H25NO. The van der Waals surface area contributed by atoms with E-state index < -0.39 is 0 Å². The van der Waals surface area contributed by atoms with Crippen LogP contribution < -0.4 is 5.32 Å². The fraction of sp³-hybridized carbons (Fsp3) is 0.529. The van der Waals surface area contributed by atoms with Gasteiger partial charge in [0.2, 0.25) is 0 Å². The van der Waals surface area contributed by atoms with E-state index in [1.807, 2.05) is 6.07 Å². The maximum absolute atomic E-state index is 5.92. The van der Waals surface area contributed by atoms with Crippen LogP contribution in [-0.4, -0.2) is 6.04 Å². The van der Waals surface area contributed by atoms with Crippen LogP contribution in [0.3, 0.4) is 0 Å². The molecule has 0 spiro atoms. The highest BCUT2D eigenvalue weighted by Gasteiger charge is 2.13. The first-order valence-electron chi connectivity index (χ1n) is 7.34. The van der Waals surface area contributed by atoms with Gasteiger partial charge in [0.1, 0.15) is 11.3 Å². The van der Waals surface area contributed by atoms with E-state index in [4.69, 9.17) is 4.42 Å². The first-order chi connectivity index (χ1) is 9.11. The van der Waals surface area contributed by atoms with E-state index in [9.17, 15) is 0 Å². The molecule has 1 N–H and O–H groups in total. The average Bonchev–Trinajstić information content (AvgIpc) is 2.73. The highest BCUT2D eigenvalue weighted by Crippen LogP contribution is 2.26. The number of aryl methyl sites for hydroxylation is 1. The quantitative estimate of drug-likeness (QED) is 0.825. The Morgan fingerprint density at radius 3 is 2.58 bits per heavy atom. The van der Waals surface area contributed by atoms with Gasteiger partial charge < -0.3 is 9.73 Å². The van der Waals surface area contributed by atoms with E-state index in [0.29, 0.717) is 6.04 Å². The first kappa shape index (κ1) is 14.1. The maximum Gasteiger partial charge on any atom is 0.134 e. The molecule has 2 rings (SSSR count). The Hall–Kier alpha value is -1.28. The number of rotatable bonds is 6. The van der Waals surface area contributed by atoms with Crippen LogP contribution in [0.5, 0.6) is 0 Å². The van der Waals surface area contributed by atoms with Crippen molar-refractivity contribution >= 4 is 11.0 Å². The molecule has 104 valence electrons. The zero-order valence-corrected chi connectivity index (χ0v) is 12.5. The summed E-state index contributed by atoms with van der Waals surface area (Å²) in [5.41, 5.74) is 2.33. The molecule has 2 heteroatoms. The van der Waals surface area contributed by atoms with Gasteiger partial charge in [-0.3, -0.25) is 0 Å². The topological polar surface area (TPSA) is 25.2 Å². The lowest BCUT2D eigenvalue weighted by Crippen LogP contribution is -2.27. The third-order valence-electron chi connectivity index (χ3n) is 3.56. The van der Waals surface area contributed by atoms with Crippen LogP contribution in [0.25, 0.3) is 11.0 Å². The van der Waals surface area contributed by atoms with E-state index in [1.165, 1.54) is 17.4 Å². The predicted molar refractivity (Wildman–Crippen MR) is 81.3 cm³/mol. The molecule has 0 bridgehead atoms. The van der Waals surface area contributed by atoms with Gasteiger partial charge in [-0.05, 0) is 25.3 Å². The van der Waals surface area contributed by atoms with Gasteiger partial charge in [-0.25, -0.2) is 0 Å². The second-order valence-corrected chi connectivity index (χ2v) is 5.77. The van der Waals surface area contributed by atoms with Crippen molar-refractivity contribution in [3.63, 3.8) is 0 Å². The highest BCUT2D eigenvalue weighted by atomic mass is 16.3. The van der Waals surface area contributed by atoms with E-state index in [-0.39, 0.29) is 0 Å². The standard InChI is InChI=1S/C17H25NO/c1-5-16-15(11-18-13(4)10-12(2)3)14-8-6-7-9-17(14)19-16/h6-9,12-13,18H,5,10-11H2,1-4H3. The lowest BCUT2D eigenvalue weighted by molar-refractivity contribution is 0.438. The number of para-hydroxylation sites is 1. The lowest BCUT2D eigenvalue weighted by atomic mass is 10.0. The van der Waals surface area contributed by atoms with Gasteiger partial charge in [0.05, 0.1) is 0 Å². The molecule has 0 saturated heterocycles. The Labute approximate surface area is 116 Å². The number of hydrogen-bond donors (Lipinski definition) is 1. The van der Waals surface area contributed by atoms with Crippen molar-refractivity contribution in [2.45, 2.75) is 53.1 Å². The molecular weight excluding hydrogens is 234 g/mol. The van der Waals surface area contributed by atoms with Gasteiger partial charge in [-0.2, -0.15) is 0 Å². The molecule has 0 radical (unpaired) electrons. The number of fused-ring (bicyclic) bond motifs is 1. The summed E-state index contributed by atoms with van der Waals surface area (Å²) in [5, 5.41) is 4.88. The fourth-order valence-corrected chi connectivity index (χ4v) is 2.70. The minimum atomic E-state index is 0.540. The van der Waals surface area contributed by atoms with Crippen LogP contribution in [0, 0.1) is 5.92 Å². The van der Waals surface area contributed by atoms with Crippen LogP contribution in [0.2, 0.25) is 0 Å². The SMILES string of the molecule is CCc1oc2ccccc2c1CNC(C)CC(C)C. The molecule has 1 aromatic carbocycles. The van der Waals surface area contributed by atoms with Crippen LogP contribution in [0.4, 0.5) is 0 Å². The molecule has 1 atom stereocenters. The number of furan rings is 1. The molecule has 1 aromatic heterocycles. The normalized spacial score (nSPS) is 13.3. The molecule has 19 heavy (non-hydrogen) atoms. The number of nitrogens with one attached hydrogen (secondary N) is 1. The van der Waals surface area contributed by atoms with Crippen LogP contribution >= 0.6 is 0 Å². The fourth-order valence-electron chi connectivity index (χ4n) is 2.70. The highest BCUT2D eigenvalue weighted by molar-refractivity contribution is 5.82. The third-order valence-corrected chi connectivity index (χ3v) is 3.56. The Morgan fingerprint density at radius 2 is 1.89 bits per heavy atom.